The highest BCUT2D eigenvalue weighted by molar-refractivity contribution is 5.37. The number of nitrogens with two attached hydrogens (primary N) is 1. The molecule has 1 aromatic carbocycles. The predicted molar refractivity (Wildman–Crippen MR) is 68.1 cm³/mol. The number of nitrogens with zero attached hydrogens (tertiary/aromatic N) is 2. The lowest BCUT2D eigenvalue weighted by Crippen LogP contribution is -2.47. The van der Waals surface area contributed by atoms with Gasteiger partial charge >= 0.3 is 0 Å². The molecule has 1 fully saturated rings. The molecule has 0 radical (unpaired) electrons. The molecule has 2 unspecified atom stereocenters. The summed E-state index contributed by atoms with van der Waals surface area (Å²) >= 11 is 0. The molecule has 1 saturated heterocycles. The third kappa shape index (κ3) is 2.87. The van der Waals surface area contributed by atoms with Crippen molar-refractivity contribution in [2.45, 2.75) is 25.9 Å². The molecule has 0 aliphatic carbocycles. The maximum Gasteiger partial charge on any atom is 0.124 e. The van der Waals surface area contributed by atoms with E-state index in [2.05, 4.69) is 11.8 Å². The first kappa shape index (κ1) is 13.0. The van der Waals surface area contributed by atoms with Gasteiger partial charge in [-0.3, -0.25) is 4.90 Å². The molecular formula is C14H18FN3. The molecule has 0 saturated carbocycles. The van der Waals surface area contributed by atoms with Gasteiger partial charge in [-0.2, -0.15) is 5.26 Å². The van der Waals surface area contributed by atoms with Crippen LogP contribution in [0.1, 0.15) is 24.5 Å². The molecule has 0 amide bonds. The maximum absolute atomic E-state index is 13.0. The van der Waals surface area contributed by atoms with E-state index in [0.717, 1.165) is 25.1 Å². The molecule has 2 N–H and O–H groups in total. The van der Waals surface area contributed by atoms with Crippen LogP contribution in [-0.2, 0) is 6.54 Å². The molecule has 96 valence electrons. The molecule has 0 aromatic heterocycles. The Bertz CT molecular complexity index is 467. The van der Waals surface area contributed by atoms with Crippen molar-refractivity contribution in [2.75, 3.05) is 13.1 Å². The molecule has 1 aliphatic heterocycles. The van der Waals surface area contributed by atoms with E-state index in [-0.39, 0.29) is 11.9 Å². The quantitative estimate of drug-likeness (QED) is 0.868. The molecule has 4 heteroatoms. The number of benzene rings is 1. The van der Waals surface area contributed by atoms with Gasteiger partial charge in [0.05, 0.1) is 11.6 Å². The minimum atomic E-state index is -0.362. The highest BCUT2D eigenvalue weighted by Crippen LogP contribution is 2.19. The summed E-state index contributed by atoms with van der Waals surface area (Å²) < 4.78 is 13.0. The number of hydrogen-bond donors (Lipinski definition) is 1. The second-order valence-electron chi connectivity index (χ2n) is 5.08. The zero-order valence-electron chi connectivity index (χ0n) is 10.6. The highest BCUT2D eigenvalue weighted by atomic mass is 19.1. The van der Waals surface area contributed by atoms with E-state index < -0.39 is 0 Å². The molecule has 0 spiro atoms. The first-order valence-corrected chi connectivity index (χ1v) is 6.26. The summed E-state index contributed by atoms with van der Waals surface area (Å²) in [4.78, 5) is 2.23. The standard InChI is InChI=1S/C14H18FN3/c1-10-4-5-18(9-14(10)17)8-11-2-3-13(15)6-12(11)7-16/h2-3,6,10,14H,4-5,8-9,17H2,1H3. The van der Waals surface area contributed by atoms with Crippen LogP contribution in [0.3, 0.4) is 0 Å². The van der Waals surface area contributed by atoms with Crippen LogP contribution < -0.4 is 5.73 Å². The SMILES string of the molecule is CC1CCN(Cc2ccc(F)cc2C#N)CC1N. The van der Waals surface area contributed by atoms with Gasteiger partial charge in [-0.05, 0) is 36.6 Å². The Balaban J connectivity index is 2.08. The fourth-order valence-corrected chi connectivity index (χ4v) is 2.34. The Kier molecular flexibility index (Phi) is 3.95. The van der Waals surface area contributed by atoms with Gasteiger partial charge in [0.1, 0.15) is 5.82 Å². The Labute approximate surface area is 107 Å². The molecule has 1 aromatic rings. The van der Waals surface area contributed by atoms with Crippen molar-refractivity contribution in [3.63, 3.8) is 0 Å². The summed E-state index contributed by atoms with van der Waals surface area (Å²) in [7, 11) is 0. The average molecular weight is 247 g/mol. The number of piperidine rings is 1. The molecule has 18 heavy (non-hydrogen) atoms. The molecule has 1 heterocycles. The van der Waals surface area contributed by atoms with E-state index in [0.29, 0.717) is 18.0 Å². The van der Waals surface area contributed by atoms with Crippen LogP contribution in [0.5, 0.6) is 0 Å². The Hall–Kier alpha value is -1.44. The van der Waals surface area contributed by atoms with Crippen LogP contribution in [0.2, 0.25) is 0 Å². The summed E-state index contributed by atoms with van der Waals surface area (Å²) in [6, 6.07) is 6.62. The maximum atomic E-state index is 13.0. The van der Waals surface area contributed by atoms with Crippen LogP contribution in [-0.4, -0.2) is 24.0 Å². The smallest absolute Gasteiger partial charge is 0.124 e. The van der Waals surface area contributed by atoms with Crippen LogP contribution in [0.25, 0.3) is 0 Å². The van der Waals surface area contributed by atoms with Crippen molar-refractivity contribution in [3.05, 3.63) is 35.1 Å². The molecule has 1 aliphatic rings. The van der Waals surface area contributed by atoms with Crippen molar-refractivity contribution in [3.8, 4) is 6.07 Å². The predicted octanol–water partition coefficient (Wildman–Crippen LogP) is 1.87. The summed E-state index contributed by atoms with van der Waals surface area (Å²) in [5, 5.41) is 9.01. The summed E-state index contributed by atoms with van der Waals surface area (Å²) in [5.74, 6) is 0.184. The van der Waals surface area contributed by atoms with Gasteiger partial charge in [-0.1, -0.05) is 13.0 Å². The van der Waals surface area contributed by atoms with Gasteiger partial charge in [0, 0.05) is 19.1 Å². The topological polar surface area (TPSA) is 53.0 Å². The first-order chi connectivity index (χ1) is 8.60. The summed E-state index contributed by atoms with van der Waals surface area (Å²) in [5.41, 5.74) is 7.34. The number of halogens is 1. The van der Waals surface area contributed by atoms with Crippen LogP contribution in [0, 0.1) is 23.1 Å². The average Bonchev–Trinajstić information content (AvgIpc) is 2.36. The lowest BCUT2D eigenvalue weighted by atomic mass is 9.94. The van der Waals surface area contributed by atoms with Crippen molar-refractivity contribution in [2.24, 2.45) is 11.7 Å². The normalized spacial score (nSPS) is 24.8. The largest absolute Gasteiger partial charge is 0.326 e. The van der Waals surface area contributed by atoms with Crippen molar-refractivity contribution in [1.29, 1.82) is 5.26 Å². The Morgan fingerprint density at radius 1 is 1.56 bits per heavy atom. The number of nitriles is 1. The van der Waals surface area contributed by atoms with Crippen molar-refractivity contribution < 1.29 is 4.39 Å². The van der Waals surface area contributed by atoms with Gasteiger partial charge in [0.15, 0.2) is 0 Å². The van der Waals surface area contributed by atoms with Crippen molar-refractivity contribution in [1.82, 2.24) is 4.90 Å². The zero-order chi connectivity index (χ0) is 13.1. The van der Waals surface area contributed by atoms with Crippen LogP contribution in [0.15, 0.2) is 18.2 Å². The number of hydrogen-bond acceptors (Lipinski definition) is 3. The number of likely N-dealkylation sites (tertiary alicyclic amines) is 1. The van der Waals surface area contributed by atoms with E-state index >= 15 is 0 Å². The van der Waals surface area contributed by atoms with Gasteiger partial charge < -0.3 is 5.73 Å². The highest BCUT2D eigenvalue weighted by Gasteiger charge is 2.23. The van der Waals surface area contributed by atoms with Gasteiger partial charge in [0.25, 0.3) is 0 Å². The zero-order valence-corrected chi connectivity index (χ0v) is 10.6. The summed E-state index contributed by atoms with van der Waals surface area (Å²) in [6.07, 6.45) is 1.07. The lowest BCUT2D eigenvalue weighted by Gasteiger charge is -2.35. The van der Waals surface area contributed by atoms with Crippen molar-refractivity contribution >= 4 is 0 Å². The molecule has 0 bridgehead atoms. The van der Waals surface area contributed by atoms with Crippen LogP contribution >= 0.6 is 0 Å². The second kappa shape index (κ2) is 5.47. The van der Waals surface area contributed by atoms with Gasteiger partial charge in [-0.15, -0.1) is 0 Å². The molecular weight excluding hydrogens is 229 g/mol. The first-order valence-electron chi connectivity index (χ1n) is 6.26. The van der Waals surface area contributed by atoms with E-state index in [9.17, 15) is 4.39 Å². The summed E-state index contributed by atoms with van der Waals surface area (Å²) in [6.45, 7) is 4.66. The minimum Gasteiger partial charge on any atom is -0.326 e. The Morgan fingerprint density at radius 2 is 2.33 bits per heavy atom. The van der Waals surface area contributed by atoms with Gasteiger partial charge in [0.2, 0.25) is 0 Å². The Morgan fingerprint density at radius 3 is 3.00 bits per heavy atom. The second-order valence-corrected chi connectivity index (χ2v) is 5.08. The number of rotatable bonds is 2. The van der Waals surface area contributed by atoms with Gasteiger partial charge in [-0.25, -0.2) is 4.39 Å². The molecule has 3 nitrogen and oxygen atoms in total. The fourth-order valence-electron chi connectivity index (χ4n) is 2.34. The minimum absolute atomic E-state index is 0.185. The molecule has 2 rings (SSSR count). The third-order valence-electron chi connectivity index (χ3n) is 3.69. The third-order valence-corrected chi connectivity index (χ3v) is 3.69. The van der Waals surface area contributed by atoms with E-state index in [4.69, 9.17) is 11.0 Å². The van der Waals surface area contributed by atoms with E-state index in [1.54, 1.807) is 6.07 Å². The lowest BCUT2D eigenvalue weighted by molar-refractivity contribution is 0.162. The van der Waals surface area contributed by atoms with E-state index in [1.807, 2.05) is 6.07 Å². The van der Waals surface area contributed by atoms with E-state index in [1.165, 1.54) is 12.1 Å². The molecule has 2 atom stereocenters. The monoisotopic (exact) mass is 247 g/mol. The fraction of sp³-hybridized carbons (Fsp3) is 0.500. The van der Waals surface area contributed by atoms with Crippen LogP contribution in [0.4, 0.5) is 4.39 Å².